The van der Waals surface area contributed by atoms with E-state index in [1.807, 2.05) is 9.80 Å². The lowest BCUT2D eigenvalue weighted by Crippen LogP contribution is -2.55. The van der Waals surface area contributed by atoms with Crippen LogP contribution in [0.1, 0.15) is 0 Å². The predicted molar refractivity (Wildman–Crippen MR) is 115 cm³/mol. The minimum atomic E-state index is -3.85. The fourth-order valence-corrected chi connectivity index (χ4v) is 9.19. The number of hydrogen-bond donors (Lipinski definition) is 0. The molecule has 2 saturated heterocycles. The molecular formula is C20H22ClFN2O4S2. The van der Waals surface area contributed by atoms with Crippen LogP contribution >= 0.6 is 11.6 Å². The minimum Gasteiger partial charge on any atom is -0.367 e. The molecule has 30 heavy (non-hydrogen) atoms. The molecule has 0 bridgehead atoms. The summed E-state index contributed by atoms with van der Waals surface area (Å²) in [5.41, 5.74) is 0.501. The van der Waals surface area contributed by atoms with Crippen LogP contribution in [0.3, 0.4) is 0 Å². The number of hydrogen-bond acceptors (Lipinski definition) is 6. The standard InChI is InChI=1S/C20H22ClFN2O4S2/c21-15-5-7-16(8-6-15)30(27,28)20-14-29(25,26)13-19(20)24-11-9-23(10-12-24)18-4-2-1-3-17(18)22/h1-8,19-20H,9-14H2. The van der Waals surface area contributed by atoms with E-state index >= 15 is 0 Å². The summed E-state index contributed by atoms with van der Waals surface area (Å²) in [6, 6.07) is 11.7. The first-order valence-electron chi connectivity index (χ1n) is 9.61. The Morgan fingerprint density at radius 3 is 2.20 bits per heavy atom. The molecular weight excluding hydrogens is 451 g/mol. The second-order valence-electron chi connectivity index (χ2n) is 7.66. The normalized spacial score (nSPS) is 24.8. The molecule has 0 aromatic heterocycles. The molecule has 0 amide bonds. The van der Waals surface area contributed by atoms with Gasteiger partial charge in [-0.15, -0.1) is 0 Å². The number of rotatable bonds is 4. The summed E-state index contributed by atoms with van der Waals surface area (Å²) in [5, 5.41) is -0.627. The van der Waals surface area contributed by atoms with Crippen molar-refractivity contribution in [3.05, 3.63) is 59.4 Å². The van der Waals surface area contributed by atoms with Crippen LogP contribution in [0.15, 0.2) is 53.4 Å². The Bertz CT molecular complexity index is 1130. The number of anilines is 1. The average molecular weight is 473 g/mol. The van der Waals surface area contributed by atoms with Crippen LogP contribution in [0.4, 0.5) is 10.1 Å². The molecule has 2 atom stereocenters. The molecule has 2 aromatic rings. The minimum absolute atomic E-state index is 0.0731. The smallest absolute Gasteiger partial charge is 0.183 e. The van der Waals surface area contributed by atoms with E-state index in [0.717, 1.165) is 0 Å². The third-order valence-corrected chi connectivity index (χ3v) is 10.2. The largest absolute Gasteiger partial charge is 0.367 e. The molecule has 0 spiro atoms. The van der Waals surface area contributed by atoms with E-state index in [1.165, 1.54) is 30.3 Å². The predicted octanol–water partition coefficient (Wildman–Crippen LogP) is 2.24. The maximum absolute atomic E-state index is 14.1. The van der Waals surface area contributed by atoms with Crippen molar-refractivity contribution in [2.75, 3.05) is 42.6 Å². The fourth-order valence-electron chi connectivity index (χ4n) is 4.24. The van der Waals surface area contributed by atoms with Crippen LogP contribution in [0.5, 0.6) is 0 Å². The number of benzene rings is 2. The van der Waals surface area contributed by atoms with E-state index in [2.05, 4.69) is 0 Å². The molecule has 0 N–H and O–H groups in total. The van der Waals surface area contributed by atoms with Gasteiger partial charge in [0.25, 0.3) is 0 Å². The summed E-state index contributed by atoms with van der Waals surface area (Å²) in [4.78, 5) is 3.89. The van der Waals surface area contributed by atoms with Crippen molar-refractivity contribution in [3.63, 3.8) is 0 Å². The molecule has 2 aliphatic heterocycles. The van der Waals surface area contributed by atoms with E-state index in [4.69, 9.17) is 11.6 Å². The molecule has 4 rings (SSSR count). The van der Waals surface area contributed by atoms with Gasteiger partial charge in [-0.05, 0) is 36.4 Å². The quantitative estimate of drug-likeness (QED) is 0.679. The Morgan fingerprint density at radius 1 is 0.933 bits per heavy atom. The van der Waals surface area contributed by atoms with Gasteiger partial charge in [0, 0.05) is 37.2 Å². The van der Waals surface area contributed by atoms with Gasteiger partial charge in [0.15, 0.2) is 19.7 Å². The number of para-hydroxylation sites is 1. The Balaban J connectivity index is 1.55. The van der Waals surface area contributed by atoms with Crippen LogP contribution in [0.25, 0.3) is 0 Å². The Labute approximate surface area is 181 Å². The number of halogens is 2. The SMILES string of the molecule is O=S1(=O)CC(N2CCN(c3ccccc3F)CC2)C(S(=O)(=O)c2ccc(Cl)cc2)C1. The first-order valence-corrected chi connectivity index (χ1v) is 13.4. The second-order valence-corrected chi connectivity index (χ2v) is 12.4. The third kappa shape index (κ3) is 4.21. The van der Waals surface area contributed by atoms with Crippen LogP contribution in [0, 0.1) is 5.82 Å². The molecule has 0 aliphatic carbocycles. The highest BCUT2D eigenvalue weighted by atomic mass is 35.5. The van der Waals surface area contributed by atoms with Gasteiger partial charge >= 0.3 is 0 Å². The fraction of sp³-hybridized carbons (Fsp3) is 0.400. The molecule has 10 heteroatoms. The third-order valence-electron chi connectivity index (χ3n) is 5.79. The van der Waals surface area contributed by atoms with Crippen molar-refractivity contribution in [1.82, 2.24) is 4.90 Å². The lowest BCUT2D eigenvalue weighted by atomic mass is 10.1. The van der Waals surface area contributed by atoms with Crippen molar-refractivity contribution in [3.8, 4) is 0 Å². The van der Waals surface area contributed by atoms with Gasteiger partial charge in [-0.3, -0.25) is 4.90 Å². The zero-order chi connectivity index (χ0) is 21.5. The molecule has 2 fully saturated rings. The molecule has 2 aromatic carbocycles. The summed E-state index contributed by atoms with van der Waals surface area (Å²) in [5.74, 6) is -0.891. The summed E-state index contributed by atoms with van der Waals surface area (Å²) < 4.78 is 65.3. The lowest BCUT2D eigenvalue weighted by molar-refractivity contribution is 0.201. The summed E-state index contributed by atoms with van der Waals surface area (Å²) in [6.45, 7) is 1.90. The molecule has 162 valence electrons. The molecule has 0 radical (unpaired) electrons. The Morgan fingerprint density at radius 2 is 1.57 bits per heavy atom. The lowest BCUT2D eigenvalue weighted by Gasteiger charge is -2.40. The summed E-state index contributed by atoms with van der Waals surface area (Å²) >= 11 is 5.86. The van der Waals surface area contributed by atoms with Gasteiger partial charge in [-0.1, -0.05) is 23.7 Å². The van der Waals surface area contributed by atoms with Gasteiger partial charge < -0.3 is 4.90 Å². The van der Waals surface area contributed by atoms with E-state index in [-0.39, 0.29) is 16.5 Å². The topological polar surface area (TPSA) is 74.8 Å². The average Bonchev–Trinajstić information content (AvgIpc) is 3.05. The Kier molecular flexibility index (Phi) is 5.82. The van der Waals surface area contributed by atoms with Gasteiger partial charge in [0.05, 0.1) is 27.3 Å². The molecule has 2 heterocycles. The van der Waals surface area contributed by atoms with Crippen LogP contribution in [-0.4, -0.2) is 70.7 Å². The van der Waals surface area contributed by atoms with Gasteiger partial charge in [-0.25, -0.2) is 21.2 Å². The van der Waals surface area contributed by atoms with E-state index in [0.29, 0.717) is 36.9 Å². The Hall–Kier alpha value is -1.68. The molecule has 6 nitrogen and oxygen atoms in total. The van der Waals surface area contributed by atoms with Crippen molar-refractivity contribution in [1.29, 1.82) is 0 Å². The van der Waals surface area contributed by atoms with Gasteiger partial charge in [-0.2, -0.15) is 0 Å². The van der Waals surface area contributed by atoms with E-state index in [1.54, 1.807) is 18.2 Å². The highest BCUT2D eigenvalue weighted by molar-refractivity contribution is 7.96. The van der Waals surface area contributed by atoms with Gasteiger partial charge in [0.2, 0.25) is 0 Å². The van der Waals surface area contributed by atoms with Gasteiger partial charge in [0.1, 0.15) is 5.82 Å². The maximum atomic E-state index is 14.1. The summed E-state index contributed by atoms with van der Waals surface area (Å²) in [7, 11) is -7.34. The first-order chi connectivity index (χ1) is 14.2. The van der Waals surface area contributed by atoms with Crippen molar-refractivity contribution in [2.45, 2.75) is 16.2 Å². The van der Waals surface area contributed by atoms with E-state index in [9.17, 15) is 21.2 Å². The van der Waals surface area contributed by atoms with E-state index < -0.39 is 36.7 Å². The van der Waals surface area contributed by atoms with Crippen molar-refractivity contribution >= 4 is 37.0 Å². The van der Waals surface area contributed by atoms with Crippen molar-refractivity contribution < 1.29 is 21.2 Å². The highest BCUT2D eigenvalue weighted by Crippen LogP contribution is 2.31. The van der Waals surface area contributed by atoms with Crippen LogP contribution < -0.4 is 4.90 Å². The van der Waals surface area contributed by atoms with Crippen LogP contribution in [-0.2, 0) is 19.7 Å². The second kappa shape index (κ2) is 8.11. The molecule has 2 aliphatic rings. The number of piperazine rings is 1. The monoisotopic (exact) mass is 472 g/mol. The van der Waals surface area contributed by atoms with Crippen LogP contribution in [0.2, 0.25) is 5.02 Å². The zero-order valence-electron chi connectivity index (χ0n) is 16.1. The highest BCUT2D eigenvalue weighted by Gasteiger charge is 2.48. The molecule has 0 saturated carbocycles. The zero-order valence-corrected chi connectivity index (χ0v) is 18.5. The number of sulfone groups is 2. The maximum Gasteiger partial charge on any atom is 0.183 e. The number of nitrogens with zero attached hydrogens (tertiary/aromatic N) is 2. The molecule has 2 unspecified atom stereocenters. The summed E-state index contributed by atoms with van der Waals surface area (Å²) in [6.07, 6.45) is 0. The first kappa shape index (κ1) is 21.5. The van der Waals surface area contributed by atoms with Crippen molar-refractivity contribution in [2.24, 2.45) is 0 Å².